The zero-order valence-corrected chi connectivity index (χ0v) is 46.6. The molecule has 0 radical (unpaired) electrons. The molecule has 0 bridgehead atoms. The average Bonchev–Trinajstić information content (AvgIpc) is 2.51. The highest BCUT2D eigenvalue weighted by Gasteiger charge is 2.24. The van der Waals surface area contributed by atoms with Crippen molar-refractivity contribution in [2.24, 2.45) is 0 Å². The Balaban J connectivity index is 0.982. The quantitative estimate of drug-likeness (QED) is 0.123. The van der Waals surface area contributed by atoms with Crippen LogP contribution < -0.4 is 0 Å². The van der Waals surface area contributed by atoms with Gasteiger partial charge in [0.1, 0.15) is 0 Å². The molecule has 4 heterocycles. The van der Waals surface area contributed by atoms with Gasteiger partial charge in [-0.15, -0.1) is 0 Å². The molecule has 0 aliphatic carbocycles. The third-order valence-electron chi connectivity index (χ3n) is 15.9. The van der Waals surface area contributed by atoms with Crippen molar-refractivity contribution in [2.75, 3.05) is 0 Å². The summed E-state index contributed by atoms with van der Waals surface area (Å²) in [4.78, 5) is 39.0. The van der Waals surface area contributed by atoms with E-state index in [2.05, 4.69) is 91.6 Å². The van der Waals surface area contributed by atoms with Crippen molar-refractivity contribution in [3.63, 3.8) is 0 Å². The number of rotatable bonds is 10. The largest absolute Gasteiger partial charge is 0.309 e. The molecule has 0 aliphatic rings. The van der Waals surface area contributed by atoms with Gasteiger partial charge in [0.05, 0.1) is 58.5 Å². The van der Waals surface area contributed by atoms with Crippen molar-refractivity contribution in [1.82, 2.24) is 39.0 Å². The molecule has 0 saturated heterocycles. The zero-order chi connectivity index (χ0) is 59.2. The van der Waals surface area contributed by atoms with Crippen LogP contribution in [0, 0.1) is 35.8 Å². The first-order valence-electron chi connectivity index (χ1n) is 28.3. The van der Waals surface area contributed by atoms with Crippen LogP contribution in [0.2, 0.25) is 0 Å². The van der Waals surface area contributed by atoms with Crippen molar-refractivity contribution in [1.29, 1.82) is 10.5 Å². The second-order valence-corrected chi connectivity index (χ2v) is 21.1. The topological polar surface area (TPSA) is 144 Å². The van der Waals surface area contributed by atoms with E-state index in [0.29, 0.717) is 57.4 Å². The summed E-state index contributed by atoms with van der Waals surface area (Å²) in [5.41, 5.74) is 15.3. The van der Waals surface area contributed by atoms with E-state index in [4.69, 9.17) is 43.0 Å². The fourth-order valence-corrected chi connectivity index (χ4v) is 11.8. The first kappa shape index (κ1) is 51.8. The number of aromatic nitrogens is 8. The summed E-state index contributed by atoms with van der Waals surface area (Å²) in [7, 11) is 0. The minimum atomic E-state index is 0.449. The van der Waals surface area contributed by atoms with E-state index < -0.39 is 0 Å². The molecule has 11 aromatic carbocycles. The van der Waals surface area contributed by atoms with Gasteiger partial charge in [-0.05, 0) is 124 Å². The smallest absolute Gasteiger partial charge is 0.188 e. The number of nitrogens with zero attached hydrogens (tertiary/aromatic N) is 12. The molecule has 4 aromatic heterocycles. The lowest BCUT2D eigenvalue weighted by molar-refractivity contribution is 1.07. The van der Waals surface area contributed by atoms with Gasteiger partial charge in [0.15, 0.2) is 46.3 Å². The van der Waals surface area contributed by atoms with Crippen LogP contribution in [0.1, 0.15) is 11.1 Å². The minimum absolute atomic E-state index is 0.449. The summed E-state index contributed by atoms with van der Waals surface area (Å²) in [6.45, 7) is 15.8. The number of fused-ring (bicyclic) bond motifs is 6. The zero-order valence-electron chi connectivity index (χ0n) is 46.6. The lowest BCUT2D eigenvalue weighted by Gasteiger charge is -2.17. The Morgan fingerprint density at radius 3 is 0.943 bits per heavy atom. The number of hydrogen-bond donors (Lipinski definition) is 0. The van der Waals surface area contributed by atoms with Gasteiger partial charge in [0.2, 0.25) is 0 Å². The Bertz CT molecular complexity index is 4900. The van der Waals surface area contributed by atoms with Crippen LogP contribution >= 0.6 is 0 Å². The predicted molar refractivity (Wildman–Crippen MR) is 347 cm³/mol. The lowest BCUT2D eigenvalue weighted by Crippen LogP contribution is -2.03. The predicted octanol–water partition coefficient (Wildman–Crippen LogP) is 18.4. The van der Waals surface area contributed by atoms with Gasteiger partial charge in [-0.25, -0.2) is 39.6 Å². The monoisotopic (exact) mass is 1120 g/mol. The van der Waals surface area contributed by atoms with E-state index in [1.165, 1.54) is 0 Å². The van der Waals surface area contributed by atoms with Crippen molar-refractivity contribution in [2.45, 2.75) is 0 Å². The highest BCUT2D eigenvalue weighted by molar-refractivity contribution is 6.12. The van der Waals surface area contributed by atoms with E-state index in [9.17, 15) is 10.5 Å². The van der Waals surface area contributed by atoms with Gasteiger partial charge in [-0.1, -0.05) is 164 Å². The van der Waals surface area contributed by atoms with Gasteiger partial charge in [0, 0.05) is 55.5 Å². The average molecular weight is 1120 g/mol. The molecule has 0 atom stereocenters. The van der Waals surface area contributed by atoms with Crippen LogP contribution in [0.3, 0.4) is 0 Å². The highest BCUT2D eigenvalue weighted by atomic mass is 15.1. The van der Waals surface area contributed by atoms with Gasteiger partial charge in [-0.2, -0.15) is 10.5 Å². The van der Waals surface area contributed by atoms with Crippen molar-refractivity contribution in [3.8, 4) is 114 Å². The van der Waals surface area contributed by atoms with Crippen LogP contribution in [0.5, 0.6) is 0 Å². The summed E-state index contributed by atoms with van der Waals surface area (Å²) >= 11 is 0. The molecule has 12 heteroatoms. The maximum atomic E-state index is 10.1. The maximum Gasteiger partial charge on any atom is 0.188 e. The van der Waals surface area contributed by atoms with Crippen molar-refractivity contribution < 1.29 is 0 Å². The second-order valence-electron chi connectivity index (χ2n) is 21.1. The lowest BCUT2D eigenvalue weighted by atomic mass is 9.92. The first-order chi connectivity index (χ1) is 43.4. The third-order valence-corrected chi connectivity index (χ3v) is 15.9. The molecule has 15 rings (SSSR count). The SMILES string of the molecule is [C-]#[N+]c1ccc2c(c1)c1cc([N+]#[C-])ccc1n2-c1ccc(-c2cccc(-c3ccc(-n4c5ccc(C#N)cc5c5cc(C#N)ccc54)cc3-c3nc(-c4ccccc4)nc(-c4ccccc4)n3)c2)c(-c2nc(-c3ccccc3)nc(-c3ccccc3)n2)c1. The second kappa shape index (κ2) is 21.6. The summed E-state index contributed by atoms with van der Waals surface area (Å²) in [5.74, 6) is 2.94. The summed E-state index contributed by atoms with van der Waals surface area (Å²) in [6.07, 6.45) is 0. The molecule has 0 fully saturated rings. The Morgan fingerprint density at radius 2 is 0.602 bits per heavy atom. The Kier molecular flexibility index (Phi) is 12.7. The molecule has 0 amide bonds. The molecule has 15 aromatic rings. The fourth-order valence-electron chi connectivity index (χ4n) is 11.8. The van der Waals surface area contributed by atoms with Gasteiger partial charge in [0.25, 0.3) is 0 Å². The molecule has 0 aliphatic heterocycles. The number of nitriles is 2. The summed E-state index contributed by atoms with van der Waals surface area (Å²) in [5, 5.41) is 23.6. The van der Waals surface area contributed by atoms with Gasteiger partial charge >= 0.3 is 0 Å². The number of hydrogen-bond acceptors (Lipinski definition) is 8. The Labute approximate surface area is 504 Å². The molecule has 0 spiro atoms. The summed E-state index contributed by atoms with van der Waals surface area (Å²) < 4.78 is 4.33. The minimum Gasteiger partial charge on any atom is -0.309 e. The fraction of sp³-hybridized carbons (Fsp3) is 0. The molecule has 88 heavy (non-hydrogen) atoms. The molecular weight excluding hydrogens is 1080 g/mol. The van der Waals surface area contributed by atoms with Crippen molar-refractivity contribution >= 4 is 55.0 Å². The molecular formula is C76H42N12. The van der Waals surface area contributed by atoms with Crippen molar-refractivity contribution in [3.05, 3.63) is 289 Å². The first-order valence-corrected chi connectivity index (χ1v) is 28.3. The van der Waals surface area contributed by atoms with E-state index in [-0.39, 0.29) is 0 Å². The van der Waals surface area contributed by atoms with Crippen LogP contribution in [-0.4, -0.2) is 39.0 Å². The summed E-state index contributed by atoms with van der Waals surface area (Å²) in [6, 6.07) is 88.0. The van der Waals surface area contributed by atoms with E-state index in [0.717, 1.165) is 111 Å². The van der Waals surface area contributed by atoms with Gasteiger partial charge < -0.3 is 9.13 Å². The molecule has 0 saturated carbocycles. The maximum absolute atomic E-state index is 10.1. The third kappa shape index (κ3) is 9.18. The molecule has 0 unspecified atom stereocenters. The Morgan fingerprint density at radius 1 is 0.284 bits per heavy atom. The van der Waals surface area contributed by atoms with Crippen LogP contribution in [0.15, 0.2) is 255 Å². The Hall–Kier alpha value is -13.0. The normalized spacial score (nSPS) is 11.1. The van der Waals surface area contributed by atoms with E-state index in [1.807, 2.05) is 194 Å². The molecule has 406 valence electrons. The van der Waals surface area contributed by atoms with Gasteiger partial charge in [-0.3, -0.25) is 0 Å². The molecule has 0 N–H and O–H groups in total. The van der Waals surface area contributed by atoms with E-state index in [1.54, 1.807) is 0 Å². The van der Waals surface area contributed by atoms with E-state index >= 15 is 0 Å². The van der Waals surface area contributed by atoms with Crippen LogP contribution in [-0.2, 0) is 0 Å². The molecule has 12 nitrogen and oxygen atoms in total. The van der Waals surface area contributed by atoms with Crippen LogP contribution in [0.4, 0.5) is 11.4 Å². The van der Waals surface area contributed by atoms with Crippen LogP contribution in [0.25, 0.3) is 155 Å². The number of benzene rings is 11. The highest BCUT2D eigenvalue weighted by Crippen LogP contribution is 2.43. The standard InChI is InChI=1S/C76H42N12/c1-79-55-28-36-69-63(41-55)64-42-56(80-2)29-37-70(64)88(69)58-31-33-60(66(44-58)76-85-73(51-20-11-5-12-21-51)82-74(86-76)52-22-13-6-14-23-52)54-25-15-24-53(40-54)59-32-30-57(87-67-34-26-47(45-77)38-61(67)62-39-48(46-78)27-35-68(62)87)43-65(59)75-83-71(49-16-7-3-8-17-49)81-72(84-75)50-18-9-4-10-19-50/h3-44H.